The molecule has 1 atom stereocenters. The summed E-state index contributed by atoms with van der Waals surface area (Å²) in [7, 11) is 0. The number of carbonyl (C=O) groups is 1. The Kier molecular flexibility index (Phi) is 3.31. The second kappa shape index (κ2) is 5.61. The molecule has 1 aliphatic rings. The average Bonchev–Trinajstić information content (AvgIpc) is 3.24. The Labute approximate surface area is 133 Å². The molecule has 2 N–H and O–H groups in total. The number of fused-ring (bicyclic) bond motifs is 1. The number of aromatic amines is 1. The first-order valence-corrected chi connectivity index (χ1v) is 7.45. The lowest BCUT2D eigenvalue weighted by atomic mass is 10.1. The van der Waals surface area contributed by atoms with Crippen molar-refractivity contribution in [2.75, 3.05) is 5.32 Å². The number of ether oxygens (including phenoxy) is 1. The van der Waals surface area contributed by atoms with E-state index >= 15 is 0 Å². The minimum absolute atomic E-state index is 0.136. The number of carbonyl (C=O) groups excluding carboxylic acids is 1. The van der Waals surface area contributed by atoms with Crippen LogP contribution >= 0.6 is 0 Å². The molecule has 2 heterocycles. The van der Waals surface area contributed by atoms with Crippen molar-refractivity contribution in [2.45, 2.75) is 12.5 Å². The molecule has 1 aliphatic heterocycles. The van der Waals surface area contributed by atoms with Gasteiger partial charge in [0.05, 0.1) is 5.69 Å². The lowest BCUT2D eigenvalue weighted by molar-refractivity contribution is -0.122. The van der Waals surface area contributed by atoms with Gasteiger partial charge in [-0.1, -0.05) is 30.3 Å². The Morgan fingerprint density at radius 3 is 2.91 bits per heavy atom. The Morgan fingerprint density at radius 2 is 2.09 bits per heavy atom. The largest absolute Gasteiger partial charge is 0.480 e. The van der Waals surface area contributed by atoms with Gasteiger partial charge in [0.25, 0.3) is 5.91 Å². The molecule has 23 heavy (non-hydrogen) atoms. The van der Waals surface area contributed by atoms with Gasteiger partial charge in [-0.25, -0.2) is 0 Å². The maximum absolute atomic E-state index is 12.4. The van der Waals surface area contributed by atoms with Crippen molar-refractivity contribution in [2.24, 2.45) is 0 Å². The lowest BCUT2D eigenvalue weighted by Gasteiger charge is -2.12. The van der Waals surface area contributed by atoms with Crippen LogP contribution in [0.3, 0.4) is 0 Å². The highest BCUT2D eigenvalue weighted by molar-refractivity contribution is 5.95. The molecule has 114 valence electrons. The number of rotatable bonds is 3. The van der Waals surface area contributed by atoms with Gasteiger partial charge in [-0.2, -0.15) is 5.10 Å². The number of hydrogen-bond donors (Lipinski definition) is 2. The summed E-state index contributed by atoms with van der Waals surface area (Å²) in [5.41, 5.74) is 3.68. The Morgan fingerprint density at radius 1 is 1.17 bits per heavy atom. The van der Waals surface area contributed by atoms with E-state index in [0.29, 0.717) is 6.42 Å². The fraction of sp³-hybridized carbons (Fsp3) is 0.111. The minimum atomic E-state index is -0.483. The van der Waals surface area contributed by atoms with Gasteiger partial charge in [-0.3, -0.25) is 9.89 Å². The SMILES string of the molecule is O=C(Nc1cccc(-c2ccn[nH]2)c1)C1Cc2ccccc2O1. The molecule has 1 aromatic heterocycles. The average molecular weight is 305 g/mol. The third-order valence-electron chi connectivity index (χ3n) is 3.88. The number of aromatic nitrogens is 2. The minimum Gasteiger partial charge on any atom is -0.480 e. The van der Waals surface area contributed by atoms with Gasteiger partial charge >= 0.3 is 0 Å². The first-order chi connectivity index (χ1) is 11.3. The lowest BCUT2D eigenvalue weighted by Crippen LogP contribution is -2.31. The van der Waals surface area contributed by atoms with Crippen LogP contribution in [0.15, 0.2) is 60.8 Å². The topological polar surface area (TPSA) is 67.0 Å². The number of nitrogens with zero attached hydrogens (tertiary/aromatic N) is 1. The molecule has 2 aromatic carbocycles. The Hall–Kier alpha value is -3.08. The molecule has 5 heteroatoms. The highest BCUT2D eigenvalue weighted by Gasteiger charge is 2.28. The van der Waals surface area contributed by atoms with Crippen LogP contribution in [0.2, 0.25) is 0 Å². The molecule has 0 radical (unpaired) electrons. The fourth-order valence-electron chi connectivity index (χ4n) is 2.73. The summed E-state index contributed by atoms with van der Waals surface area (Å²) in [6.07, 6.45) is 1.81. The summed E-state index contributed by atoms with van der Waals surface area (Å²) in [4.78, 5) is 12.4. The number of H-pyrrole nitrogens is 1. The van der Waals surface area contributed by atoms with Crippen molar-refractivity contribution in [1.29, 1.82) is 0 Å². The molecule has 0 bridgehead atoms. The van der Waals surface area contributed by atoms with Crippen molar-refractivity contribution < 1.29 is 9.53 Å². The zero-order chi connectivity index (χ0) is 15.6. The van der Waals surface area contributed by atoms with Gasteiger partial charge < -0.3 is 10.1 Å². The highest BCUT2D eigenvalue weighted by Crippen LogP contribution is 2.29. The van der Waals surface area contributed by atoms with Crippen LogP contribution in [0.1, 0.15) is 5.56 Å². The predicted octanol–water partition coefficient (Wildman–Crippen LogP) is 3.02. The van der Waals surface area contributed by atoms with Crippen LogP contribution in [0.25, 0.3) is 11.3 Å². The molecule has 0 aliphatic carbocycles. The molecule has 3 aromatic rings. The van der Waals surface area contributed by atoms with Gasteiger partial charge in [0.15, 0.2) is 6.10 Å². The van der Waals surface area contributed by atoms with Crippen LogP contribution < -0.4 is 10.1 Å². The molecule has 0 saturated heterocycles. The molecule has 4 rings (SSSR count). The van der Waals surface area contributed by atoms with Gasteiger partial charge in [-0.05, 0) is 29.8 Å². The number of hydrogen-bond acceptors (Lipinski definition) is 3. The molecule has 5 nitrogen and oxygen atoms in total. The van der Waals surface area contributed by atoms with Crippen molar-refractivity contribution in [3.63, 3.8) is 0 Å². The molecule has 0 saturated carbocycles. The van der Waals surface area contributed by atoms with Crippen molar-refractivity contribution in [3.8, 4) is 17.0 Å². The number of benzene rings is 2. The second-order valence-electron chi connectivity index (χ2n) is 5.46. The molecular weight excluding hydrogens is 290 g/mol. The fourth-order valence-corrected chi connectivity index (χ4v) is 2.73. The van der Waals surface area contributed by atoms with E-state index in [9.17, 15) is 4.79 Å². The number of anilines is 1. The summed E-state index contributed by atoms with van der Waals surface area (Å²) < 4.78 is 5.72. The van der Waals surface area contributed by atoms with Crippen molar-refractivity contribution >= 4 is 11.6 Å². The standard InChI is InChI=1S/C18H15N3O2/c22-18(17-11-13-4-1-2-7-16(13)23-17)20-14-6-3-5-12(10-14)15-8-9-19-21-15/h1-10,17H,11H2,(H,19,21)(H,20,22). The number of nitrogens with one attached hydrogen (secondary N) is 2. The predicted molar refractivity (Wildman–Crippen MR) is 87.2 cm³/mol. The molecule has 0 spiro atoms. The molecule has 1 amide bonds. The third-order valence-corrected chi connectivity index (χ3v) is 3.88. The van der Waals surface area contributed by atoms with E-state index < -0.39 is 6.10 Å². The summed E-state index contributed by atoms with van der Waals surface area (Å²) in [6, 6.07) is 17.3. The van der Waals surface area contributed by atoms with E-state index in [1.165, 1.54) is 0 Å². The van der Waals surface area contributed by atoms with E-state index in [4.69, 9.17) is 4.74 Å². The Bertz CT molecular complexity index is 818. The second-order valence-corrected chi connectivity index (χ2v) is 5.46. The monoisotopic (exact) mass is 305 g/mol. The van der Waals surface area contributed by atoms with Crippen molar-refractivity contribution in [3.05, 3.63) is 66.4 Å². The first kappa shape index (κ1) is 13.6. The Balaban J connectivity index is 1.49. The van der Waals surface area contributed by atoms with Gasteiger partial charge in [0.2, 0.25) is 0 Å². The van der Waals surface area contributed by atoms with Crippen LogP contribution in [0.4, 0.5) is 5.69 Å². The van der Waals surface area contributed by atoms with Crippen molar-refractivity contribution in [1.82, 2.24) is 10.2 Å². The molecule has 1 unspecified atom stereocenters. The molecular formula is C18H15N3O2. The number of amides is 1. The van der Waals surface area contributed by atoms with Crippen LogP contribution in [0, 0.1) is 0 Å². The van der Waals surface area contributed by atoms with E-state index in [-0.39, 0.29) is 5.91 Å². The van der Waals surface area contributed by atoms with Gasteiger partial charge in [-0.15, -0.1) is 0 Å². The number of para-hydroxylation sites is 1. The quantitative estimate of drug-likeness (QED) is 0.781. The smallest absolute Gasteiger partial charge is 0.265 e. The summed E-state index contributed by atoms with van der Waals surface area (Å²) in [6.45, 7) is 0. The third kappa shape index (κ3) is 2.68. The summed E-state index contributed by atoms with van der Waals surface area (Å²) >= 11 is 0. The summed E-state index contributed by atoms with van der Waals surface area (Å²) in [5.74, 6) is 0.654. The zero-order valence-corrected chi connectivity index (χ0v) is 12.3. The highest BCUT2D eigenvalue weighted by atomic mass is 16.5. The maximum Gasteiger partial charge on any atom is 0.265 e. The zero-order valence-electron chi connectivity index (χ0n) is 12.3. The van der Waals surface area contributed by atoms with Crippen LogP contribution in [0.5, 0.6) is 5.75 Å². The van der Waals surface area contributed by atoms with E-state index in [1.54, 1.807) is 6.20 Å². The summed E-state index contributed by atoms with van der Waals surface area (Å²) in [5, 5.41) is 9.78. The van der Waals surface area contributed by atoms with Crippen LogP contribution in [-0.4, -0.2) is 22.2 Å². The van der Waals surface area contributed by atoms with Gasteiger partial charge in [0, 0.05) is 23.9 Å². The van der Waals surface area contributed by atoms with E-state index in [2.05, 4.69) is 15.5 Å². The normalized spacial score (nSPS) is 15.7. The van der Waals surface area contributed by atoms with Gasteiger partial charge in [0.1, 0.15) is 5.75 Å². The molecule has 0 fully saturated rings. The first-order valence-electron chi connectivity index (χ1n) is 7.45. The van der Waals surface area contributed by atoms with E-state index in [0.717, 1.165) is 28.3 Å². The van der Waals surface area contributed by atoms with Crippen LogP contribution in [-0.2, 0) is 11.2 Å². The maximum atomic E-state index is 12.4. The van der Waals surface area contributed by atoms with E-state index in [1.807, 2.05) is 54.6 Å².